The van der Waals surface area contributed by atoms with Crippen molar-refractivity contribution in [2.75, 3.05) is 43.4 Å². The van der Waals surface area contributed by atoms with Gasteiger partial charge in [-0.25, -0.2) is 9.97 Å². The van der Waals surface area contributed by atoms with Crippen LogP contribution in [0.15, 0.2) is 36.7 Å². The van der Waals surface area contributed by atoms with Crippen LogP contribution in [0.2, 0.25) is 0 Å². The molecule has 0 atom stereocenters. The molecule has 0 aromatic carbocycles. The summed E-state index contributed by atoms with van der Waals surface area (Å²) in [5.74, 6) is 0.808. The lowest BCUT2D eigenvalue weighted by Crippen LogP contribution is -2.45. The number of carbonyl (C=O) groups excluding carboxylic acids is 1. The zero-order valence-electron chi connectivity index (χ0n) is 17.1. The van der Waals surface area contributed by atoms with Crippen LogP contribution in [0.4, 0.5) is 24.8 Å². The van der Waals surface area contributed by atoms with E-state index in [1.54, 1.807) is 12.3 Å². The number of aromatic nitrogens is 3. The van der Waals surface area contributed by atoms with E-state index in [0.717, 1.165) is 32.2 Å². The van der Waals surface area contributed by atoms with E-state index in [-0.39, 0.29) is 5.91 Å². The number of nitrogens with zero attached hydrogens (tertiary/aromatic N) is 5. The van der Waals surface area contributed by atoms with E-state index in [4.69, 9.17) is 4.98 Å². The van der Waals surface area contributed by atoms with Gasteiger partial charge in [0.25, 0.3) is 0 Å². The monoisotopic (exact) mass is 430 g/mol. The van der Waals surface area contributed by atoms with Gasteiger partial charge in [-0.1, -0.05) is 6.07 Å². The Morgan fingerprint density at radius 1 is 1.06 bits per heavy atom. The van der Waals surface area contributed by atoms with E-state index in [2.05, 4.69) is 25.1 Å². The first-order valence-electron chi connectivity index (χ1n) is 9.76. The molecule has 4 heterocycles. The smallest absolute Gasteiger partial charge is 0.354 e. The van der Waals surface area contributed by atoms with Crippen LogP contribution in [0.5, 0.6) is 0 Å². The molecule has 1 amide bonds. The van der Waals surface area contributed by atoms with Gasteiger partial charge in [-0.2, -0.15) is 13.2 Å². The number of anilines is 2. The average Bonchev–Trinajstić information content (AvgIpc) is 2.72. The summed E-state index contributed by atoms with van der Waals surface area (Å²) in [6.45, 7) is 4.58. The Hall–Kier alpha value is -3.27. The number of hydrogen-bond donors (Lipinski definition) is 1. The number of likely N-dealkylation sites (N-methyl/N-ethyl adjacent to an activating group) is 1. The van der Waals surface area contributed by atoms with Crippen molar-refractivity contribution >= 4 is 28.4 Å². The molecule has 1 saturated heterocycles. The minimum absolute atomic E-state index is 0.249. The lowest BCUT2D eigenvalue weighted by atomic mass is 10.0. The number of piperazine rings is 1. The van der Waals surface area contributed by atoms with Crippen LogP contribution in [-0.4, -0.2) is 59.0 Å². The first kappa shape index (κ1) is 21.0. The molecule has 3 aromatic heterocycles. The van der Waals surface area contributed by atoms with E-state index in [1.807, 2.05) is 13.1 Å². The second kappa shape index (κ2) is 8.10. The minimum atomic E-state index is -4.50. The van der Waals surface area contributed by atoms with Gasteiger partial charge in [0, 0.05) is 55.8 Å². The summed E-state index contributed by atoms with van der Waals surface area (Å²) in [4.78, 5) is 28.3. The van der Waals surface area contributed by atoms with Gasteiger partial charge in [0.1, 0.15) is 17.3 Å². The molecular weight excluding hydrogens is 409 g/mol. The number of halogens is 3. The van der Waals surface area contributed by atoms with Crippen molar-refractivity contribution in [2.24, 2.45) is 0 Å². The molecule has 1 N–H and O–H groups in total. The summed E-state index contributed by atoms with van der Waals surface area (Å²) < 4.78 is 38.9. The Bertz CT molecular complexity index is 1110. The van der Waals surface area contributed by atoms with E-state index in [9.17, 15) is 18.0 Å². The van der Waals surface area contributed by atoms with Crippen LogP contribution in [0.25, 0.3) is 22.0 Å². The Labute approximate surface area is 176 Å². The van der Waals surface area contributed by atoms with Crippen LogP contribution in [0.1, 0.15) is 12.6 Å². The van der Waals surface area contributed by atoms with Crippen molar-refractivity contribution in [3.63, 3.8) is 0 Å². The number of hydrogen-bond acceptors (Lipinski definition) is 6. The zero-order valence-corrected chi connectivity index (χ0v) is 17.1. The molecule has 4 rings (SSSR count). The van der Waals surface area contributed by atoms with Gasteiger partial charge in [-0.3, -0.25) is 9.78 Å². The zero-order chi connectivity index (χ0) is 22.2. The van der Waals surface area contributed by atoms with E-state index >= 15 is 0 Å². The fraction of sp³-hybridized carbons (Fsp3) is 0.333. The highest BCUT2D eigenvalue weighted by Crippen LogP contribution is 2.35. The van der Waals surface area contributed by atoms with Gasteiger partial charge in [0.15, 0.2) is 0 Å². The molecule has 0 saturated carbocycles. The largest absolute Gasteiger partial charge is 0.433 e. The fourth-order valence-electron chi connectivity index (χ4n) is 3.51. The third-order valence-corrected chi connectivity index (χ3v) is 5.15. The molecule has 0 spiro atoms. The molecule has 7 nitrogen and oxygen atoms in total. The number of fused-ring (bicyclic) bond motifs is 1. The normalized spacial score (nSPS) is 15.3. The number of rotatable bonds is 3. The highest BCUT2D eigenvalue weighted by atomic mass is 19.4. The van der Waals surface area contributed by atoms with Crippen molar-refractivity contribution in [3.05, 3.63) is 42.4 Å². The maximum atomic E-state index is 13.0. The van der Waals surface area contributed by atoms with E-state index in [0.29, 0.717) is 33.7 Å². The number of amides is 1. The van der Waals surface area contributed by atoms with Crippen molar-refractivity contribution < 1.29 is 18.0 Å². The summed E-state index contributed by atoms with van der Waals surface area (Å²) in [6.07, 6.45) is -1.70. The fourth-order valence-corrected chi connectivity index (χ4v) is 3.51. The quantitative estimate of drug-likeness (QED) is 0.687. The maximum absolute atomic E-state index is 13.0. The van der Waals surface area contributed by atoms with E-state index in [1.165, 1.54) is 19.2 Å². The number of carbonyl (C=O) groups is 1. The second-order valence-electron chi connectivity index (χ2n) is 7.52. The van der Waals surface area contributed by atoms with E-state index < -0.39 is 11.9 Å². The second-order valence-corrected chi connectivity index (χ2v) is 7.52. The third kappa shape index (κ3) is 4.58. The number of pyridine rings is 3. The van der Waals surface area contributed by atoms with Gasteiger partial charge in [-0.15, -0.1) is 0 Å². The van der Waals surface area contributed by atoms with Gasteiger partial charge < -0.3 is 15.1 Å². The third-order valence-electron chi connectivity index (χ3n) is 5.15. The molecule has 0 unspecified atom stereocenters. The molecule has 0 aliphatic carbocycles. The number of nitrogens with one attached hydrogen (secondary N) is 1. The van der Waals surface area contributed by atoms with Crippen LogP contribution in [0, 0.1) is 0 Å². The Balaban J connectivity index is 1.82. The summed E-state index contributed by atoms with van der Waals surface area (Å²) in [7, 11) is 2.04. The summed E-state index contributed by atoms with van der Waals surface area (Å²) in [5, 5.41) is 3.35. The summed E-state index contributed by atoms with van der Waals surface area (Å²) in [5.41, 5.74) is 0.905. The van der Waals surface area contributed by atoms with Crippen molar-refractivity contribution in [2.45, 2.75) is 13.1 Å². The molecule has 162 valence electrons. The van der Waals surface area contributed by atoms with Crippen molar-refractivity contribution in [3.8, 4) is 11.1 Å². The molecule has 0 bridgehead atoms. The average molecular weight is 430 g/mol. The standard InChI is InChI=1S/C21H21F3N6O/c1-13(31)27-19-10-15-9-16(14-3-4-18(25-11-14)21(22,23)24)20(28-17(15)12-26-19)30-7-5-29(2)6-8-30/h3-4,9-12H,5-8H2,1-2H3,(H,26,27,31). The highest BCUT2D eigenvalue weighted by molar-refractivity contribution is 5.93. The predicted molar refractivity (Wildman–Crippen MR) is 112 cm³/mol. The predicted octanol–water partition coefficient (Wildman–Crippen LogP) is 3.42. The van der Waals surface area contributed by atoms with Gasteiger partial charge in [-0.05, 0) is 25.2 Å². The molecular formula is C21H21F3N6O. The minimum Gasteiger partial charge on any atom is -0.354 e. The Morgan fingerprint density at radius 3 is 2.42 bits per heavy atom. The summed E-state index contributed by atoms with van der Waals surface area (Å²) >= 11 is 0. The van der Waals surface area contributed by atoms with Gasteiger partial charge in [0.2, 0.25) is 5.91 Å². The van der Waals surface area contributed by atoms with Gasteiger partial charge in [0.05, 0.1) is 11.7 Å². The first-order chi connectivity index (χ1) is 14.7. The number of alkyl halides is 3. The topological polar surface area (TPSA) is 74.2 Å². The maximum Gasteiger partial charge on any atom is 0.433 e. The molecule has 1 fully saturated rings. The molecule has 3 aromatic rings. The highest BCUT2D eigenvalue weighted by Gasteiger charge is 2.32. The lowest BCUT2D eigenvalue weighted by Gasteiger charge is -2.34. The van der Waals surface area contributed by atoms with Crippen LogP contribution >= 0.6 is 0 Å². The van der Waals surface area contributed by atoms with Crippen molar-refractivity contribution in [1.29, 1.82) is 0 Å². The molecule has 31 heavy (non-hydrogen) atoms. The Morgan fingerprint density at radius 2 is 1.81 bits per heavy atom. The first-order valence-corrected chi connectivity index (χ1v) is 9.76. The molecule has 0 radical (unpaired) electrons. The molecule has 10 heteroatoms. The SMILES string of the molecule is CC(=O)Nc1cc2cc(-c3ccc(C(F)(F)F)nc3)c(N3CCN(C)CC3)nc2cn1. The van der Waals surface area contributed by atoms with Gasteiger partial charge >= 0.3 is 6.18 Å². The van der Waals surface area contributed by atoms with Crippen molar-refractivity contribution in [1.82, 2.24) is 19.9 Å². The molecule has 1 aliphatic heterocycles. The van der Waals surface area contributed by atoms with Crippen LogP contribution in [0.3, 0.4) is 0 Å². The summed E-state index contributed by atoms with van der Waals surface area (Å²) in [6, 6.07) is 5.93. The van der Waals surface area contributed by atoms with Crippen LogP contribution in [-0.2, 0) is 11.0 Å². The molecule has 1 aliphatic rings. The van der Waals surface area contributed by atoms with Crippen LogP contribution < -0.4 is 10.2 Å². The lowest BCUT2D eigenvalue weighted by molar-refractivity contribution is -0.141. The Kier molecular flexibility index (Phi) is 5.48.